The Morgan fingerprint density at radius 1 is 1.36 bits per heavy atom. The molecule has 3 aromatic rings. The van der Waals surface area contributed by atoms with E-state index in [9.17, 15) is 4.79 Å². The topological polar surface area (TPSA) is 73.9 Å². The third-order valence-corrected chi connectivity index (χ3v) is 5.30. The van der Waals surface area contributed by atoms with Crippen LogP contribution in [0.1, 0.15) is 26.3 Å². The largest absolute Gasteiger partial charge is 0.369 e. The number of nitrogens with zero attached hydrogens (tertiary/aromatic N) is 3. The quantitative estimate of drug-likeness (QED) is 0.668. The van der Waals surface area contributed by atoms with Gasteiger partial charge in [0.25, 0.3) is 0 Å². The zero-order valence-electron chi connectivity index (χ0n) is 16.7. The molecule has 1 aliphatic heterocycles. The van der Waals surface area contributed by atoms with Gasteiger partial charge in [0.15, 0.2) is 5.65 Å². The number of anilines is 1. The van der Waals surface area contributed by atoms with E-state index in [4.69, 9.17) is 4.98 Å². The van der Waals surface area contributed by atoms with Crippen molar-refractivity contribution in [3.8, 4) is 11.3 Å². The van der Waals surface area contributed by atoms with Crippen molar-refractivity contribution in [2.45, 2.75) is 33.2 Å². The van der Waals surface area contributed by atoms with Gasteiger partial charge in [-0.25, -0.2) is 9.97 Å². The van der Waals surface area contributed by atoms with Crippen LogP contribution in [-0.2, 0) is 11.2 Å². The molecule has 0 spiro atoms. The van der Waals surface area contributed by atoms with Crippen LogP contribution in [0.4, 0.5) is 5.69 Å². The first-order valence-electron chi connectivity index (χ1n) is 9.83. The van der Waals surface area contributed by atoms with Crippen LogP contribution < -0.4 is 10.2 Å². The maximum Gasteiger partial charge on any atom is 0.156 e. The Hall–Kier alpha value is -2.73. The predicted octanol–water partition coefficient (Wildman–Crippen LogP) is 3.19. The van der Waals surface area contributed by atoms with Crippen molar-refractivity contribution >= 4 is 23.1 Å². The van der Waals surface area contributed by atoms with E-state index >= 15 is 0 Å². The highest BCUT2D eigenvalue weighted by Gasteiger charge is 2.21. The van der Waals surface area contributed by atoms with Crippen LogP contribution in [0.3, 0.4) is 0 Å². The van der Waals surface area contributed by atoms with Crippen molar-refractivity contribution < 1.29 is 4.79 Å². The smallest absolute Gasteiger partial charge is 0.156 e. The van der Waals surface area contributed by atoms with Crippen molar-refractivity contribution in [3.05, 3.63) is 42.2 Å². The number of carbonyl (C=O) groups excluding carboxylic acids is 1. The third-order valence-electron chi connectivity index (χ3n) is 5.30. The van der Waals surface area contributed by atoms with E-state index in [1.807, 2.05) is 26.2 Å². The van der Waals surface area contributed by atoms with Gasteiger partial charge in [-0.05, 0) is 31.0 Å². The Kier molecular flexibility index (Phi) is 4.89. The molecule has 3 heterocycles. The standard InChI is InChI=1S/C22H27N5O/c1-15-13-27(8-7-23-15)18-6-4-5-16(9-18)19-12-25-21-20(26-19)17(11-24-21)10-22(2,3)14-28/h4-6,9,11-12,14-15,23H,7-8,10,13H2,1-3H3,(H,24,25). The van der Waals surface area contributed by atoms with Crippen molar-refractivity contribution in [2.24, 2.45) is 5.41 Å². The fraction of sp³-hybridized carbons (Fsp3) is 0.409. The summed E-state index contributed by atoms with van der Waals surface area (Å²) < 4.78 is 0. The lowest BCUT2D eigenvalue weighted by Gasteiger charge is -2.33. The van der Waals surface area contributed by atoms with E-state index in [0.717, 1.165) is 53.9 Å². The van der Waals surface area contributed by atoms with Gasteiger partial charge >= 0.3 is 0 Å². The molecule has 146 valence electrons. The first-order valence-corrected chi connectivity index (χ1v) is 9.83. The predicted molar refractivity (Wildman–Crippen MR) is 113 cm³/mol. The van der Waals surface area contributed by atoms with E-state index < -0.39 is 5.41 Å². The maximum atomic E-state index is 11.3. The molecule has 2 aromatic heterocycles. The fourth-order valence-corrected chi connectivity index (χ4v) is 3.78. The molecular weight excluding hydrogens is 350 g/mol. The van der Waals surface area contributed by atoms with Crippen LogP contribution in [0.5, 0.6) is 0 Å². The lowest BCUT2D eigenvalue weighted by Crippen LogP contribution is -2.49. The summed E-state index contributed by atoms with van der Waals surface area (Å²) in [7, 11) is 0. The number of carbonyl (C=O) groups is 1. The van der Waals surface area contributed by atoms with E-state index in [-0.39, 0.29) is 0 Å². The SMILES string of the molecule is CC1CN(c2cccc(-c3cnc4[nH]cc(CC(C)(C)C=O)c4n3)c2)CCN1. The summed E-state index contributed by atoms with van der Waals surface area (Å²) in [6, 6.07) is 8.98. The molecule has 4 rings (SSSR count). The molecule has 1 atom stereocenters. The lowest BCUT2D eigenvalue weighted by atomic mass is 9.88. The first kappa shape index (κ1) is 18.6. The molecule has 0 saturated carbocycles. The Balaban J connectivity index is 1.67. The number of hydrogen-bond acceptors (Lipinski definition) is 5. The van der Waals surface area contributed by atoms with Gasteiger partial charge in [0, 0.05) is 48.5 Å². The molecule has 0 radical (unpaired) electrons. The zero-order chi connectivity index (χ0) is 19.7. The Bertz CT molecular complexity index is 994. The second-order valence-electron chi connectivity index (χ2n) is 8.40. The van der Waals surface area contributed by atoms with Gasteiger partial charge in [-0.3, -0.25) is 0 Å². The normalized spacial score (nSPS) is 17.8. The monoisotopic (exact) mass is 377 g/mol. The van der Waals surface area contributed by atoms with Gasteiger partial charge in [0.2, 0.25) is 0 Å². The Morgan fingerprint density at radius 2 is 2.21 bits per heavy atom. The molecule has 2 N–H and O–H groups in total. The van der Waals surface area contributed by atoms with Gasteiger partial charge in [-0.1, -0.05) is 26.0 Å². The molecule has 6 nitrogen and oxygen atoms in total. The van der Waals surface area contributed by atoms with Crippen molar-refractivity contribution in [1.29, 1.82) is 0 Å². The minimum Gasteiger partial charge on any atom is -0.369 e. The second-order valence-corrected chi connectivity index (χ2v) is 8.40. The summed E-state index contributed by atoms with van der Waals surface area (Å²) in [4.78, 5) is 26.4. The summed E-state index contributed by atoms with van der Waals surface area (Å²) in [6.07, 6.45) is 5.36. The van der Waals surface area contributed by atoms with Crippen LogP contribution in [0.25, 0.3) is 22.4 Å². The van der Waals surface area contributed by atoms with Crippen LogP contribution in [-0.4, -0.2) is 46.9 Å². The molecule has 1 unspecified atom stereocenters. The van der Waals surface area contributed by atoms with E-state index in [1.54, 1.807) is 0 Å². The number of hydrogen-bond donors (Lipinski definition) is 2. The highest BCUT2D eigenvalue weighted by atomic mass is 16.1. The van der Waals surface area contributed by atoms with Crippen molar-refractivity contribution in [3.63, 3.8) is 0 Å². The van der Waals surface area contributed by atoms with Gasteiger partial charge < -0.3 is 20.0 Å². The summed E-state index contributed by atoms with van der Waals surface area (Å²) in [6.45, 7) is 9.08. The molecule has 1 aromatic carbocycles. The number of rotatable bonds is 5. The maximum absolute atomic E-state index is 11.3. The van der Waals surface area contributed by atoms with Gasteiger partial charge in [0.1, 0.15) is 11.8 Å². The second kappa shape index (κ2) is 7.36. The fourth-order valence-electron chi connectivity index (χ4n) is 3.78. The van der Waals surface area contributed by atoms with Crippen LogP contribution >= 0.6 is 0 Å². The van der Waals surface area contributed by atoms with E-state index in [0.29, 0.717) is 12.5 Å². The van der Waals surface area contributed by atoms with Gasteiger partial charge in [-0.15, -0.1) is 0 Å². The number of aldehydes is 1. The summed E-state index contributed by atoms with van der Waals surface area (Å²) in [5, 5.41) is 3.48. The third kappa shape index (κ3) is 3.78. The molecule has 1 aliphatic rings. The van der Waals surface area contributed by atoms with Crippen LogP contribution in [0.15, 0.2) is 36.7 Å². The molecular formula is C22H27N5O. The average Bonchev–Trinajstić information content (AvgIpc) is 3.09. The molecule has 28 heavy (non-hydrogen) atoms. The average molecular weight is 377 g/mol. The molecule has 1 fully saturated rings. The molecule has 0 aliphatic carbocycles. The van der Waals surface area contributed by atoms with Gasteiger partial charge in [0.05, 0.1) is 11.9 Å². The number of H-pyrrole nitrogens is 1. The minimum atomic E-state index is -0.425. The van der Waals surface area contributed by atoms with E-state index in [1.165, 1.54) is 5.69 Å². The zero-order valence-corrected chi connectivity index (χ0v) is 16.7. The first-order chi connectivity index (χ1) is 13.4. The molecule has 1 saturated heterocycles. The Labute approximate surface area is 165 Å². The van der Waals surface area contributed by atoms with Crippen molar-refractivity contribution in [1.82, 2.24) is 20.3 Å². The number of fused-ring (bicyclic) bond motifs is 1. The van der Waals surface area contributed by atoms with Crippen LogP contribution in [0.2, 0.25) is 0 Å². The van der Waals surface area contributed by atoms with Crippen molar-refractivity contribution in [2.75, 3.05) is 24.5 Å². The number of nitrogens with one attached hydrogen (secondary N) is 2. The highest BCUT2D eigenvalue weighted by molar-refractivity contribution is 5.79. The number of benzene rings is 1. The van der Waals surface area contributed by atoms with Gasteiger partial charge in [-0.2, -0.15) is 0 Å². The Morgan fingerprint density at radius 3 is 3.00 bits per heavy atom. The van der Waals surface area contributed by atoms with Crippen LogP contribution in [0, 0.1) is 5.41 Å². The summed E-state index contributed by atoms with van der Waals surface area (Å²) in [5.74, 6) is 0. The molecule has 6 heteroatoms. The number of aromatic nitrogens is 3. The highest BCUT2D eigenvalue weighted by Crippen LogP contribution is 2.28. The summed E-state index contributed by atoms with van der Waals surface area (Å²) >= 11 is 0. The van der Waals surface area contributed by atoms with E-state index in [2.05, 4.69) is 51.4 Å². The number of piperazine rings is 1. The minimum absolute atomic E-state index is 0.425. The summed E-state index contributed by atoms with van der Waals surface area (Å²) in [5.41, 5.74) is 5.31. The lowest BCUT2D eigenvalue weighted by molar-refractivity contribution is -0.114. The molecule has 0 amide bonds. The number of aromatic amines is 1. The molecule has 0 bridgehead atoms.